The Labute approximate surface area is 115 Å². The van der Waals surface area contributed by atoms with Crippen molar-refractivity contribution < 1.29 is 4.79 Å². The Morgan fingerprint density at radius 1 is 1.37 bits per heavy atom. The van der Waals surface area contributed by atoms with Crippen LogP contribution < -0.4 is 5.73 Å². The molecule has 0 radical (unpaired) electrons. The molecule has 0 aromatic heterocycles. The van der Waals surface area contributed by atoms with Gasteiger partial charge in [0.2, 0.25) is 5.91 Å². The molecule has 0 spiro atoms. The second-order valence-corrected chi connectivity index (χ2v) is 6.11. The summed E-state index contributed by atoms with van der Waals surface area (Å²) in [4.78, 5) is 14.1. The molecule has 1 aliphatic heterocycles. The van der Waals surface area contributed by atoms with Crippen molar-refractivity contribution in [2.24, 2.45) is 11.7 Å². The van der Waals surface area contributed by atoms with Crippen LogP contribution in [0.3, 0.4) is 0 Å². The monoisotopic (exact) mass is 260 g/mol. The molecule has 1 heterocycles. The summed E-state index contributed by atoms with van der Waals surface area (Å²) in [6.45, 7) is 9.24. The van der Waals surface area contributed by atoms with E-state index in [0.717, 1.165) is 6.54 Å². The summed E-state index contributed by atoms with van der Waals surface area (Å²) in [6, 6.07) is 6.34. The SMILES string of the molecule is Cc1ccc(C2C(N)CC(=O)N2CC(C)C)c(C)c1. The quantitative estimate of drug-likeness (QED) is 0.908. The summed E-state index contributed by atoms with van der Waals surface area (Å²) in [5, 5.41) is 0. The first-order chi connectivity index (χ1) is 8.90. The summed E-state index contributed by atoms with van der Waals surface area (Å²) >= 11 is 0. The van der Waals surface area contributed by atoms with Crippen LogP contribution >= 0.6 is 0 Å². The molecule has 1 fully saturated rings. The van der Waals surface area contributed by atoms with Crippen molar-refractivity contribution in [3.05, 3.63) is 34.9 Å². The number of nitrogens with two attached hydrogens (primary N) is 1. The Morgan fingerprint density at radius 3 is 2.63 bits per heavy atom. The molecule has 1 aliphatic rings. The smallest absolute Gasteiger partial charge is 0.224 e. The molecule has 19 heavy (non-hydrogen) atoms. The summed E-state index contributed by atoms with van der Waals surface area (Å²) in [7, 11) is 0. The highest BCUT2D eigenvalue weighted by molar-refractivity contribution is 5.80. The second kappa shape index (κ2) is 5.33. The Balaban J connectivity index is 2.36. The number of amides is 1. The van der Waals surface area contributed by atoms with Gasteiger partial charge in [0, 0.05) is 19.0 Å². The number of aryl methyl sites for hydroxylation is 2. The molecule has 0 aliphatic carbocycles. The first-order valence-corrected chi connectivity index (χ1v) is 7.02. The first-order valence-electron chi connectivity index (χ1n) is 7.02. The molecular weight excluding hydrogens is 236 g/mol. The van der Waals surface area contributed by atoms with Crippen molar-refractivity contribution >= 4 is 5.91 Å². The average molecular weight is 260 g/mol. The van der Waals surface area contributed by atoms with Gasteiger partial charge < -0.3 is 10.6 Å². The number of benzene rings is 1. The third-order valence-electron chi connectivity index (χ3n) is 3.78. The van der Waals surface area contributed by atoms with Gasteiger partial charge in [0.1, 0.15) is 0 Å². The largest absolute Gasteiger partial charge is 0.334 e. The molecule has 2 N–H and O–H groups in total. The molecular formula is C16H24N2O. The Morgan fingerprint density at radius 2 is 2.05 bits per heavy atom. The molecule has 2 atom stereocenters. The highest BCUT2D eigenvalue weighted by Gasteiger charge is 2.39. The fraction of sp³-hybridized carbons (Fsp3) is 0.562. The molecule has 3 heteroatoms. The minimum atomic E-state index is -0.0901. The average Bonchev–Trinajstić information content (AvgIpc) is 2.54. The second-order valence-electron chi connectivity index (χ2n) is 6.11. The normalized spacial score (nSPS) is 23.5. The van der Waals surface area contributed by atoms with Gasteiger partial charge in [0.25, 0.3) is 0 Å². The Hall–Kier alpha value is -1.35. The highest BCUT2D eigenvalue weighted by Crippen LogP contribution is 2.34. The van der Waals surface area contributed by atoms with Gasteiger partial charge in [-0.2, -0.15) is 0 Å². The van der Waals surface area contributed by atoms with Crippen LogP contribution in [0.25, 0.3) is 0 Å². The Kier molecular flexibility index (Phi) is 3.95. The van der Waals surface area contributed by atoms with E-state index in [-0.39, 0.29) is 18.0 Å². The van der Waals surface area contributed by atoms with Crippen LogP contribution in [0.1, 0.15) is 43.0 Å². The van der Waals surface area contributed by atoms with E-state index in [1.54, 1.807) is 0 Å². The first kappa shape index (κ1) is 14.1. The van der Waals surface area contributed by atoms with E-state index in [1.165, 1.54) is 16.7 Å². The molecule has 1 aromatic rings. The maximum atomic E-state index is 12.1. The number of hydrogen-bond acceptors (Lipinski definition) is 2. The lowest BCUT2D eigenvalue weighted by Gasteiger charge is -2.30. The lowest BCUT2D eigenvalue weighted by Crippen LogP contribution is -2.35. The minimum absolute atomic E-state index is 0.0375. The predicted octanol–water partition coefficient (Wildman–Crippen LogP) is 2.56. The van der Waals surface area contributed by atoms with E-state index in [0.29, 0.717) is 12.3 Å². The van der Waals surface area contributed by atoms with E-state index in [1.807, 2.05) is 4.90 Å². The predicted molar refractivity (Wildman–Crippen MR) is 77.8 cm³/mol. The highest BCUT2D eigenvalue weighted by atomic mass is 16.2. The van der Waals surface area contributed by atoms with Crippen molar-refractivity contribution in [1.82, 2.24) is 4.90 Å². The summed E-state index contributed by atoms with van der Waals surface area (Å²) in [5.41, 5.74) is 9.88. The van der Waals surface area contributed by atoms with Gasteiger partial charge >= 0.3 is 0 Å². The van der Waals surface area contributed by atoms with Crippen LogP contribution in [0.2, 0.25) is 0 Å². The van der Waals surface area contributed by atoms with Crippen molar-refractivity contribution in [2.75, 3.05) is 6.54 Å². The van der Waals surface area contributed by atoms with E-state index in [4.69, 9.17) is 5.73 Å². The number of carbonyl (C=O) groups excluding carboxylic acids is 1. The molecule has 2 unspecified atom stereocenters. The van der Waals surface area contributed by atoms with Crippen LogP contribution in [0.5, 0.6) is 0 Å². The van der Waals surface area contributed by atoms with E-state index < -0.39 is 0 Å². The number of rotatable bonds is 3. The third-order valence-corrected chi connectivity index (χ3v) is 3.78. The summed E-state index contributed by atoms with van der Waals surface area (Å²) in [6.07, 6.45) is 0.463. The molecule has 1 aromatic carbocycles. The summed E-state index contributed by atoms with van der Waals surface area (Å²) < 4.78 is 0. The van der Waals surface area contributed by atoms with Crippen molar-refractivity contribution in [2.45, 2.75) is 46.2 Å². The van der Waals surface area contributed by atoms with Gasteiger partial charge in [0.05, 0.1) is 6.04 Å². The van der Waals surface area contributed by atoms with Gasteiger partial charge in [0.15, 0.2) is 0 Å². The molecule has 3 nitrogen and oxygen atoms in total. The lowest BCUT2D eigenvalue weighted by atomic mass is 9.94. The van der Waals surface area contributed by atoms with Gasteiger partial charge in [-0.05, 0) is 30.9 Å². The van der Waals surface area contributed by atoms with Crippen LogP contribution in [0.4, 0.5) is 0 Å². The van der Waals surface area contributed by atoms with Gasteiger partial charge in [-0.25, -0.2) is 0 Å². The van der Waals surface area contributed by atoms with Gasteiger partial charge in [-0.1, -0.05) is 37.6 Å². The molecule has 1 saturated heterocycles. The maximum absolute atomic E-state index is 12.1. The molecule has 1 amide bonds. The molecule has 104 valence electrons. The van der Waals surface area contributed by atoms with E-state index in [9.17, 15) is 4.79 Å². The van der Waals surface area contributed by atoms with Crippen molar-refractivity contribution in [3.63, 3.8) is 0 Å². The van der Waals surface area contributed by atoms with Crippen LogP contribution in [0, 0.1) is 19.8 Å². The van der Waals surface area contributed by atoms with Crippen LogP contribution in [-0.2, 0) is 4.79 Å². The molecule has 2 rings (SSSR count). The number of carbonyl (C=O) groups is 1. The lowest BCUT2D eigenvalue weighted by molar-refractivity contribution is -0.129. The van der Waals surface area contributed by atoms with Crippen LogP contribution in [-0.4, -0.2) is 23.4 Å². The zero-order chi connectivity index (χ0) is 14.2. The zero-order valence-electron chi connectivity index (χ0n) is 12.3. The minimum Gasteiger partial charge on any atom is -0.334 e. The maximum Gasteiger partial charge on any atom is 0.224 e. The van der Waals surface area contributed by atoms with Gasteiger partial charge in [-0.15, -0.1) is 0 Å². The standard InChI is InChI=1S/C16H24N2O/c1-10(2)9-18-15(19)8-14(17)16(18)13-6-5-11(3)7-12(13)4/h5-7,10,14,16H,8-9,17H2,1-4H3. The van der Waals surface area contributed by atoms with Crippen LogP contribution in [0.15, 0.2) is 18.2 Å². The number of hydrogen-bond donors (Lipinski definition) is 1. The summed E-state index contributed by atoms with van der Waals surface area (Å²) in [5.74, 6) is 0.647. The topological polar surface area (TPSA) is 46.3 Å². The fourth-order valence-corrected chi connectivity index (χ4v) is 2.98. The molecule has 0 saturated carbocycles. The van der Waals surface area contributed by atoms with E-state index >= 15 is 0 Å². The Bertz CT molecular complexity index is 482. The molecule has 0 bridgehead atoms. The fourth-order valence-electron chi connectivity index (χ4n) is 2.98. The van der Waals surface area contributed by atoms with Crippen molar-refractivity contribution in [3.8, 4) is 0 Å². The number of likely N-dealkylation sites (tertiary alicyclic amines) is 1. The third kappa shape index (κ3) is 2.81. The number of nitrogens with zero attached hydrogens (tertiary/aromatic N) is 1. The zero-order valence-corrected chi connectivity index (χ0v) is 12.3. The van der Waals surface area contributed by atoms with Crippen molar-refractivity contribution in [1.29, 1.82) is 0 Å². The van der Waals surface area contributed by atoms with E-state index in [2.05, 4.69) is 45.9 Å². The van der Waals surface area contributed by atoms with Gasteiger partial charge in [-0.3, -0.25) is 4.79 Å².